The highest BCUT2D eigenvalue weighted by atomic mass is 16.4. The standard InChI is InChI=1S/C30H45N3O5/c1-28-10-7-21(32-27(36)33-14-13-31-22(16-33)17-34)15-20(28)4-5-25-24(28)8-11-29(2)23(9-12-30(25,29)37)19-3-6-26(35)38-18-19/h3,6,18,20-25,31,34,37H,4-5,7-17H2,1-2H3,(H,32,36)/t20-,21+,22?,23-,24+,25-,28+,29-,30+/m1/s1. The fourth-order valence-corrected chi connectivity index (χ4v) is 9.86. The van der Waals surface area contributed by atoms with Gasteiger partial charge in [-0.25, -0.2) is 9.59 Å². The Labute approximate surface area is 225 Å². The third kappa shape index (κ3) is 4.05. The average molecular weight is 528 g/mol. The lowest BCUT2D eigenvalue weighted by atomic mass is 9.43. The van der Waals surface area contributed by atoms with Crippen LogP contribution in [0.3, 0.4) is 0 Å². The first-order chi connectivity index (χ1) is 18.2. The molecule has 5 aliphatic rings. The van der Waals surface area contributed by atoms with Crippen LogP contribution in [0.4, 0.5) is 4.79 Å². The number of rotatable bonds is 3. The van der Waals surface area contributed by atoms with E-state index in [1.165, 1.54) is 6.07 Å². The first-order valence-corrected chi connectivity index (χ1v) is 14.9. The molecular formula is C30H45N3O5. The summed E-state index contributed by atoms with van der Waals surface area (Å²) in [5.74, 6) is 1.57. The maximum atomic E-state index is 13.0. The number of aliphatic hydroxyl groups excluding tert-OH is 1. The summed E-state index contributed by atoms with van der Waals surface area (Å²) in [5.41, 5.74) is 0.0126. The van der Waals surface area contributed by atoms with Crippen molar-refractivity contribution < 1.29 is 19.4 Å². The van der Waals surface area contributed by atoms with E-state index < -0.39 is 5.60 Å². The molecule has 2 amide bonds. The molecule has 0 bridgehead atoms. The van der Waals surface area contributed by atoms with E-state index in [2.05, 4.69) is 24.5 Å². The lowest BCUT2D eigenvalue weighted by Crippen LogP contribution is -2.63. The number of fused-ring (bicyclic) bond motifs is 5. The van der Waals surface area contributed by atoms with Gasteiger partial charge < -0.3 is 30.2 Å². The number of amides is 2. The van der Waals surface area contributed by atoms with Gasteiger partial charge in [-0.1, -0.05) is 13.8 Å². The van der Waals surface area contributed by atoms with Gasteiger partial charge in [0.05, 0.1) is 18.5 Å². The number of hydrogen-bond acceptors (Lipinski definition) is 6. The molecule has 0 spiro atoms. The highest BCUT2D eigenvalue weighted by Gasteiger charge is 2.67. The number of piperazine rings is 1. The molecule has 1 saturated heterocycles. The first-order valence-electron chi connectivity index (χ1n) is 14.9. The van der Waals surface area contributed by atoms with Crippen LogP contribution < -0.4 is 16.3 Å². The summed E-state index contributed by atoms with van der Waals surface area (Å²) in [6, 6.07) is 3.57. The Balaban J connectivity index is 1.14. The molecule has 6 rings (SSSR count). The predicted molar refractivity (Wildman–Crippen MR) is 144 cm³/mol. The lowest BCUT2D eigenvalue weighted by Gasteiger charge is -2.63. The van der Waals surface area contributed by atoms with E-state index in [1.807, 2.05) is 11.0 Å². The van der Waals surface area contributed by atoms with Gasteiger partial charge in [-0.15, -0.1) is 0 Å². The Bertz CT molecular complexity index is 1090. The molecule has 1 aliphatic heterocycles. The predicted octanol–water partition coefficient (Wildman–Crippen LogP) is 3.23. The minimum Gasteiger partial charge on any atom is -0.431 e. The quantitative estimate of drug-likeness (QED) is 0.480. The number of aliphatic hydroxyl groups is 2. The molecule has 0 radical (unpaired) electrons. The summed E-state index contributed by atoms with van der Waals surface area (Å²) in [6.07, 6.45) is 10.7. The number of nitrogens with zero attached hydrogens (tertiary/aromatic N) is 1. The molecule has 4 N–H and O–H groups in total. The molecule has 1 aromatic rings. The van der Waals surface area contributed by atoms with Crippen molar-refractivity contribution in [3.63, 3.8) is 0 Å². The maximum Gasteiger partial charge on any atom is 0.335 e. The lowest BCUT2D eigenvalue weighted by molar-refractivity contribution is -0.201. The fraction of sp³-hybridized carbons (Fsp3) is 0.800. The Kier molecular flexibility index (Phi) is 6.67. The number of hydrogen-bond donors (Lipinski definition) is 4. The van der Waals surface area contributed by atoms with Crippen LogP contribution in [0.25, 0.3) is 0 Å². The Morgan fingerprint density at radius 1 is 1.13 bits per heavy atom. The van der Waals surface area contributed by atoms with Crippen LogP contribution in [-0.2, 0) is 0 Å². The van der Waals surface area contributed by atoms with Crippen LogP contribution in [-0.4, -0.2) is 65.1 Å². The number of nitrogens with one attached hydrogen (secondary N) is 2. The van der Waals surface area contributed by atoms with Crippen LogP contribution in [0.1, 0.15) is 83.1 Å². The summed E-state index contributed by atoms with van der Waals surface area (Å²) in [5, 5.41) is 28.5. The van der Waals surface area contributed by atoms with Gasteiger partial charge in [0.1, 0.15) is 0 Å². The molecule has 38 heavy (non-hydrogen) atoms. The van der Waals surface area contributed by atoms with Gasteiger partial charge in [0.15, 0.2) is 0 Å². The second-order valence-electron chi connectivity index (χ2n) is 13.6. The van der Waals surface area contributed by atoms with E-state index in [1.54, 1.807) is 6.26 Å². The third-order valence-electron chi connectivity index (χ3n) is 12.1. The molecule has 210 valence electrons. The van der Waals surface area contributed by atoms with Crippen molar-refractivity contribution >= 4 is 6.03 Å². The molecule has 2 heterocycles. The Morgan fingerprint density at radius 3 is 2.74 bits per heavy atom. The van der Waals surface area contributed by atoms with Crippen molar-refractivity contribution in [2.75, 3.05) is 26.2 Å². The minimum atomic E-state index is -0.693. The van der Waals surface area contributed by atoms with Gasteiger partial charge in [-0.05, 0) is 98.5 Å². The zero-order chi connectivity index (χ0) is 26.7. The van der Waals surface area contributed by atoms with E-state index >= 15 is 0 Å². The summed E-state index contributed by atoms with van der Waals surface area (Å²) in [6.45, 7) is 6.74. The summed E-state index contributed by atoms with van der Waals surface area (Å²) < 4.78 is 5.22. The van der Waals surface area contributed by atoms with Crippen molar-refractivity contribution in [1.82, 2.24) is 15.5 Å². The van der Waals surface area contributed by atoms with Crippen molar-refractivity contribution in [2.24, 2.45) is 28.6 Å². The number of urea groups is 1. The highest BCUT2D eigenvalue weighted by Crippen LogP contribution is 2.70. The van der Waals surface area contributed by atoms with Crippen molar-refractivity contribution in [2.45, 2.75) is 95.2 Å². The third-order valence-corrected chi connectivity index (χ3v) is 12.1. The number of carbonyl (C=O) groups excluding carboxylic acids is 1. The normalized spacial score (nSPS) is 44.6. The molecule has 9 atom stereocenters. The summed E-state index contributed by atoms with van der Waals surface area (Å²) >= 11 is 0. The second-order valence-corrected chi connectivity index (χ2v) is 13.6. The highest BCUT2D eigenvalue weighted by molar-refractivity contribution is 5.74. The van der Waals surface area contributed by atoms with Gasteiger partial charge in [0, 0.05) is 43.2 Å². The smallest absolute Gasteiger partial charge is 0.335 e. The van der Waals surface area contributed by atoms with E-state index in [9.17, 15) is 19.8 Å². The zero-order valence-corrected chi connectivity index (χ0v) is 23.0. The molecule has 5 fully saturated rings. The maximum absolute atomic E-state index is 13.0. The van der Waals surface area contributed by atoms with Crippen LogP contribution >= 0.6 is 0 Å². The monoisotopic (exact) mass is 527 g/mol. The van der Waals surface area contributed by atoms with Crippen LogP contribution in [0, 0.1) is 28.6 Å². The second kappa shape index (κ2) is 9.63. The van der Waals surface area contributed by atoms with Crippen LogP contribution in [0.15, 0.2) is 27.6 Å². The first kappa shape index (κ1) is 26.3. The molecule has 1 unspecified atom stereocenters. The fourth-order valence-electron chi connectivity index (χ4n) is 9.86. The van der Waals surface area contributed by atoms with Crippen molar-refractivity contribution in [3.05, 3.63) is 34.4 Å². The largest absolute Gasteiger partial charge is 0.431 e. The number of carbonyl (C=O) groups is 1. The summed E-state index contributed by atoms with van der Waals surface area (Å²) in [4.78, 5) is 26.4. The molecule has 8 nitrogen and oxygen atoms in total. The van der Waals surface area contributed by atoms with Gasteiger partial charge in [-0.2, -0.15) is 0 Å². The van der Waals surface area contributed by atoms with E-state index in [0.717, 1.165) is 63.4 Å². The molecule has 1 aromatic heterocycles. The van der Waals surface area contributed by atoms with Crippen molar-refractivity contribution in [3.8, 4) is 0 Å². The van der Waals surface area contributed by atoms with Gasteiger partial charge in [0.2, 0.25) is 0 Å². The Hall–Kier alpha value is -1.90. The minimum absolute atomic E-state index is 0.00345. The van der Waals surface area contributed by atoms with E-state index in [-0.39, 0.29) is 47.1 Å². The summed E-state index contributed by atoms with van der Waals surface area (Å²) in [7, 11) is 0. The van der Waals surface area contributed by atoms with Gasteiger partial charge >= 0.3 is 11.7 Å². The Morgan fingerprint density at radius 2 is 1.97 bits per heavy atom. The molecule has 0 aromatic carbocycles. The van der Waals surface area contributed by atoms with E-state index in [0.29, 0.717) is 37.4 Å². The molecular weight excluding hydrogens is 482 g/mol. The molecule has 4 aliphatic carbocycles. The molecule has 4 saturated carbocycles. The van der Waals surface area contributed by atoms with Gasteiger partial charge in [0.25, 0.3) is 0 Å². The van der Waals surface area contributed by atoms with E-state index in [4.69, 9.17) is 4.42 Å². The SMILES string of the molecule is C[C@]12CC[C@H](NC(=O)N3CCNC(CO)C3)C[C@H]1CC[C@@H]1[C@@H]2CC[C@]2(C)[C@@H](c3ccc(=O)oc3)CC[C@]12O. The zero-order valence-electron chi connectivity index (χ0n) is 23.0. The van der Waals surface area contributed by atoms with Gasteiger partial charge in [-0.3, -0.25) is 0 Å². The van der Waals surface area contributed by atoms with Crippen molar-refractivity contribution in [1.29, 1.82) is 0 Å². The average Bonchev–Trinajstić information content (AvgIpc) is 3.20. The molecule has 8 heteroatoms. The van der Waals surface area contributed by atoms with Crippen LogP contribution in [0.2, 0.25) is 0 Å². The van der Waals surface area contributed by atoms with Crippen LogP contribution in [0.5, 0.6) is 0 Å². The topological polar surface area (TPSA) is 115 Å².